The highest BCUT2D eigenvalue weighted by molar-refractivity contribution is 4.81. The minimum absolute atomic E-state index is 0.781. The molecule has 0 unspecified atom stereocenters. The molecule has 0 aromatic heterocycles. The second-order valence-corrected chi connectivity index (χ2v) is 8.42. The molecule has 0 amide bonds. The summed E-state index contributed by atoms with van der Waals surface area (Å²) < 4.78 is 0. The third-order valence-electron chi connectivity index (χ3n) is 5.61. The van der Waals surface area contributed by atoms with Gasteiger partial charge < -0.3 is 16.4 Å². The molecular weight excluding hydrogens is 342 g/mol. The molecule has 3 nitrogen and oxygen atoms in total. The van der Waals surface area contributed by atoms with Crippen molar-refractivity contribution < 1.29 is 0 Å². The van der Waals surface area contributed by atoms with Gasteiger partial charge in [-0.15, -0.1) is 0 Å². The fourth-order valence-corrected chi connectivity index (χ4v) is 3.76. The highest BCUT2D eigenvalue weighted by Crippen LogP contribution is 2.10. The maximum atomic E-state index is 5.75. The molecule has 0 saturated heterocycles. The molecule has 0 rings (SSSR count). The van der Waals surface area contributed by atoms with E-state index in [1.165, 1.54) is 116 Å². The van der Waals surface area contributed by atoms with E-state index >= 15 is 0 Å². The molecule has 0 aromatic carbocycles. The van der Waals surface area contributed by atoms with Crippen molar-refractivity contribution in [3.8, 4) is 0 Å². The Kier molecular flexibility index (Phi) is 24.3. The van der Waals surface area contributed by atoms with Crippen molar-refractivity contribution in [1.82, 2.24) is 4.90 Å². The number of nitrogens with zero attached hydrogens (tertiary/aromatic N) is 1. The summed E-state index contributed by atoms with van der Waals surface area (Å²) in [5, 5.41) is 0. The molecule has 0 aliphatic carbocycles. The van der Waals surface area contributed by atoms with Gasteiger partial charge in [-0.25, -0.2) is 0 Å². The SMILES string of the molecule is CCCCCCCC/C=C\CCCCCCCCN(CCN)CCCCCN. The van der Waals surface area contributed by atoms with Gasteiger partial charge in [-0.1, -0.05) is 83.3 Å². The predicted molar refractivity (Wildman–Crippen MR) is 128 cm³/mol. The van der Waals surface area contributed by atoms with E-state index in [1.54, 1.807) is 0 Å². The smallest absolute Gasteiger partial charge is 0.0105 e. The van der Waals surface area contributed by atoms with Crippen molar-refractivity contribution in [1.29, 1.82) is 0 Å². The summed E-state index contributed by atoms with van der Waals surface area (Å²) in [4.78, 5) is 2.55. The van der Waals surface area contributed by atoms with Crippen molar-refractivity contribution in [2.24, 2.45) is 11.5 Å². The standard InChI is InChI=1S/C25H53N3/c1-2-3-4-5-6-7-8-9-10-11-12-13-14-15-16-19-23-28(25-22-27)24-20-17-18-21-26/h9-10H,2-8,11-27H2,1H3/b10-9-. The Morgan fingerprint density at radius 3 is 1.46 bits per heavy atom. The van der Waals surface area contributed by atoms with Crippen LogP contribution in [0, 0.1) is 0 Å². The van der Waals surface area contributed by atoms with Crippen LogP contribution in [0.25, 0.3) is 0 Å². The van der Waals surface area contributed by atoms with E-state index in [0.717, 1.165) is 26.1 Å². The molecule has 28 heavy (non-hydrogen) atoms. The first kappa shape index (κ1) is 27.6. The summed E-state index contributed by atoms with van der Waals surface area (Å²) in [6.07, 6.45) is 27.8. The van der Waals surface area contributed by atoms with E-state index in [0.29, 0.717) is 0 Å². The van der Waals surface area contributed by atoms with Crippen molar-refractivity contribution in [2.75, 3.05) is 32.7 Å². The van der Waals surface area contributed by atoms with Gasteiger partial charge in [-0.3, -0.25) is 0 Å². The van der Waals surface area contributed by atoms with Crippen LogP contribution >= 0.6 is 0 Å². The maximum absolute atomic E-state index is 5.75. The number of nitrogens with two attached hydrogens (primary N) is 2. The second-order valence-electron chi connectivity index (χ2n) is 8.42. The molecule has 0 atom stereocenters. The molecule has 0 bridgehead atoms. The Balaban J connectivity index is 3.35. The van der Waals surface area contributed by atoms with Crippen molar-refractivity contribution in [3.63, 3.8) is 0 Å². The van der Waals surface area contributed by atoms with Crippen LogP contribution in [0.5, 0.6) is 0 Å². The molecular formula is C25H53N3. The fraction of sp³-hybridized carbons (Fsp3) is 0.920. The first-order valence-electron chi connectivity index (χ1n) is 12.6. The molecule has 0 aliphatic rings. The lowest BCUT2D eigenvalue weighted by atomic mass is 10.1. The lowest BCUT2D eigenvalue weighted by molar-refractivity contribution is 0.267. The topological polar surface area (TPSA) is 55.3 Å². The van der Waals surface area contributed by atoms with Crippen LogP contribution < -0.4 is 11.5 Å². The minimum Gasteiger partial charge on any atom is -0.330 e. The van der Waals surface area contributed by atoms with Crippen molar-refractivity contribution in [3.05, 3.63) is 12.2 Å². The monoisotopic (exact) mass is 395 g/mol. The summed E-state index contributed by atoms with van der Waals surface area (Å²) >= 11 is 0. The zero-order valence-corrected chi connectivity index (χ0v) is 19.3. The lowest BCUT2D eigenvalue weighted by Crippen LogP contribution is -2.31. The van der Waals surface area contributed by atoms with Crippen LogP contribution in [0.2, 0.25) is 0 Å². The Morgan fingerprint density at radius 2 is 0.964 bits per heavy atom. The van der Waals surface area contributed by atoms with Crippen LogP contribution in [0.1, 0.15) is 116 Å². The molecule has 0 radical (unpaired) electrons. The first-order valence-corrected chi connectivity index (χ1v) is 12.6. The number of rotatable bonds is 23. The normalized spacial score (nSPS) is 11.9. The van der Waals surface area contributed by atoms with Gasteiger partial charge in [0.1, 0.15) is 0 Å². The summed E-state index contributed by atoms with van der Waals surface area (Å²) in [6, 6.07) is 0. The van der Waals surface area contributed by atoms with E-state index in [9.17, 15) is 0 Å². The fourth-order valence-electron chi connectivity index (χ4n) is 3.76. The summed E-state index contributed by atoms with van der Waals surface area (Å²) in [5.41, 5.74) is 11.3. The number of hydrogen-bond donors (Lipinski definition) is 2. The average molecular weight is 396 g/mol. The van der Waals surface area contributed by atoms with Crippen LogP contribution in [0.3, 0.4) is 0 Å². The number of allylic oxidation sites excluding steroid dienone is 2. The molecule has 3 heteroatoms. The highest BCUT2D eigenvalue weighted by Gasteiger charge is 2.03. The molecule has 0 fully saturated rings. The second kappa shape index (κ2) is 24.7. The Labute approximate surface area is 177 Å². The third kappa shape index (κ3) is 21.9. The predicted octanol–water partition coefficient (Wildman–Crippen LogP) is 6.41. The van der Waals surface area contributed by atoms with Gasteiger partial charge >= 0.3 is 0 Å². The van der Waals surface area contributed by atoms with Crippen molar-refractivity contribution in [2.45, 2.75) is 116 Å². The largest absolute Gasteiger partial charge is 0.330 e. The van der Waals surface area contributed by atoms with E-state index in [-0.39, 0.29) is 0 Å². The van der Waals surface area contributed by atoms with Gasteiger partial charge in [-0.2, -0.15) is 0 Å². The maximum Gasteiger partial charge on any atom is 0.0105 e. The first-order chi connectivity index (χ1) is 13.8. The van der Waals surface area contributed by atoms with Crippen molar-refractivity contribution >= 4 is 0 Å². The van der Waals surface area contributed by atoms with E-state index in [1.807, 2.05) is 0 Å². The quantitative estimate of drug-likeness (QED) is 0.155. The molecule has 0 aliphatic heterocycles. The molecule has 0 aromatic rings. The van der Waals surface area contributed by atoms with Gasteiger partial charge in [0.05, 0.1) is 0 Å². The third-order valence-corrected chi connectivity index (χ3v) is 5.61. The minimum atomic E-state index is 0.781. The van der Waals surface area contributed by atoms with Crippen LogP contribution in [0.4, 0.5) is 0 Å². The van der Waals surface area contributed by atoms with Crippen LogP contribution in [-0.2, 0) is 0 Å². The lowest BCUT2D eigenvalue weighted by Gasteiger charge is -2.21. The Bertz CT molecular complexity index is 304. The Hall–Kier alpha value is -0.380. The van der Waals surface area contributed by atoms with Gasteiger partial charge in [0.2, 0.25) is 0 Å². The Morgan fingerprint density at radius 1 is 0.500 bits per heavy atom. The molecule has 0 heterocycles. The molecule has 0 spiro atoms. The average Bonchev–Trinajstić information content (AvgIpc) is 2.70. The van der Waals surface area contributed by atoms with Gasteiger partial charge in [0.25, 0.3) is 0 Å². The summed E-state index contributed by atoms with van der Waals surface area (Å²) in [7, 11) is 0. The number of unbranched alkanes of at least 4 members (excludes halogenated alkanes) is 14. The van der Waals surface area contributed by atoms with E-state index in [4.69, 9.17) is 11.5 Å². The van der Waals surface area contributed by atoms with Crippen LogP contribution in [-0.4, -0.2) is 37.6 Å². The molecule has 168 valence electrons. The van der Waals surface area contributed by atoms with Crippen LogP contribution in [0.15, 0.2) is 12.2 Å². The van der Waals surface area contributed by atoms with E-state index < -0.39 is 0 Å². The zero-order chi connectivity index (χ0) is 20.5. The zero-order valence-electron chi connectivity index (χ0n) is 19.3. The molecule has 0 saturated carbocycles. The van der Waals surface area contributed by atoms with Gasteiger partial charge in [0.15, 0.2) is 0 Å². The summed E-state index contributed by atoms with van der Waals surface area (Å²) in [5.74, 6) is 0. The van der Waals surface area contributed by atoms with Gasteiger partial charge in [-0.05, 0) is 64.6 Å². The van der Waals surface area contributed by atoms with Gasteiger partial charge in [0, 0.05) is 13.1 Å². The van der Waals surface area contributed by atoms with E-state index in [2.05, 4.69) is 24.0 Å². The summed E-state index contributed by atoms with van der Waals surface area (Å²) in [6.45, 7) is 7.36. The molecule has 4 N–H and O–H groups in total. The highest BCUT2D eigenvalue weighted by atomic mass is 15.1. The number of hydrogen-bond acceptors (Lipinski definition) is 3.